The van der Waals surface area contributed by atoms with Gasteiger partial charge in [0, 0.05) is 42.8 Å². The number of imidazole rings is 1. The Kier molecular flexibility index (Phi) is 5.15. The number of piperidine rings is 1. The van der Waals surface area contributed by atoms with Crippen molar-refractivity contribution in [1.29, 1.82) is 0 Å². The van der Waals surface area contributed by atoms with Crippen LogP contribution in [0.15, 0.2) is 36.5 Å². The van der Waals surface area contributed by atoms with E-state index in [4.69, 9.17) is 9.82 Å². The number of pyridine rings is 1. The maximum atomic E-state index is 13.9. The molecule has 0 radical (unpaired) electrons. The number of fused-ring (bicyclic) bond motifs is 5. The number of hydroxylamine groups is 2. The summed E-state index contributed by atoms with van der Waals surface area (Å²) in [5, 5.41) is 5.00. The molecule has 7 nitrogen and oxygen atoms in total. The number of carbonyl (C=O) groups excluding carboxylic acids is 1. The standard InChI is InChI=1S/C23H24FN5O2/c1-2-4-19(30)31-29-11-8-14(9-12-29)22-27-20-16-7-6-15(24)13-18(16)26-23-17(21(20)28-22)5-3-10-25-23/h3,5-7,10,13-14H,2,4,8-9,11-12H2,1H3,(H,25,26)(H,27,28). The Morgan fingerprint density at radius 1 is 1.26 bits per heavy atom. The van der Waals surface area contributed by atoms with E-state index in [9.17, 15) is 9.18 Å². The number of benzene rings is 1. The summed E-state index contributed by atoms with van der Waals surface area (Å²) < 4.78 is 13.9. The number of carbonyl (C=O) groups is 1. The Bertz CT molecular complexity index is 1120. The van der Waals surface area contributed by atoms with Crippen LogP contribution in [0, 0.1) is 5.82 Å². The summed E-state index contributed by atoms with van der Waals surface area (Å²) in [6, 6.07) is 8.54. The number of aromatic amines is 1. The third-order valence-corrected chi connectivity index (χ3v) is 5.81. The molecule has 2 N–H and O–H groups in total. The van der Waals surface area contributed by atoms with Crippen molar-refractivity contribution in [2.75, 3.05) is 18.4 Å². The van der Waals surface area contributed by atoms with Gasteiger partial charge in [-0.3, -0.25) is 4.79 Å². The lowest BCUT2D eigenvalue weighted by Gasteiger charge is -2.29. The molecule has 1 aromatic carbocycles. The fraction of sp³-hybridized carbons (Fsp3) is 0.348. The summed E-state index contributed by atoms with van der Waals surface area (Å²) >= 11 is 0. The quantitative estimate of drug-likeness (QED) is 0.494. The molecule has 0 unspecified atom stereocenters. The first-order chi connectivity index (χ1) is 15.1. The molecule has 0 spiro atoms. The minimum Gasteiger partial charge on any atom is -0.368 e. The fourth-order valence-electron chi connectivity index (χ4n) is 4.25. The van der Waals surface area contributed by atoms with Crippen molar-refractivity contribution in [1.82, 2.24) is 20.0 Å². The van der Waals surface area contributed by atoms with Crippen LogP contribution in [0.1, 0.15) is 44.3 Å². The van der Waals surface area contributed by atoms with Crippen LogP contribution in [-0.4, -0.2) is 39.1 Å². The Balaban J connectivity index is 1.44. The van der Waals surface area contributed by atoms with Crippen molar-refractivity contribution in [3.8, 4) is 22.5 Å². The van der Waals surface area contributed by atoms with E-state index in [1.807, 2.05) is 19.1 Å². The number of nitrogens with one attached hydrogen (secondary N) is 2. The molecular formula is C23H24FN5O2. The lowest BCUT2D eigenvalue weighted by molar-refractivity contribution is -0.195. The number of rotatable bonds is 4. The van der Waals surface area contributed by atoms with Gasteiger partial charge < -0.3 is 15.1 Å². The van der Waals surface area contributed by atoms with Gasteiger partial charge in [-0.05, 0) is 49.6 Å². The molecule has 2 aromatic heterocycles. The number of hydrogen-bond acceptors (Lipinski definition) is 6. The molecule has 2 aliphatic heterocycles. The van der Waals surface area contributed by atoms with Crippen LogP contribution in [0.25, 0.3) is 22.5 Å². The number of anilines is 2. The summed E-state index contributed by atoms with van der Waals surface area (Å²) in [4.78, 5) is 30.1. The molecule has 5 rings (SSSR count). The van der Waals surface area contributed by atoms with Crippen LogP contribution in [0.2, 0.25) is 0 Å². The first-order valence-corrected chi connectivity index (χ1v) is 10.7. The molecule has 0 aliphatic carbocycles. The molecule has 31 heavy (non-hydrogen) atoms. The molecule has 0 saturated carbocycles. The Morgan fingerprint density at radius 2 is 2.10 bits per heavy atom. The van der Waals surface area contributed by atoms with E-state index in [1.54, 1.807) is 17.3 Å². The molecule has 160 valence electrons. The number of aromatic nitrogens is 3. The van der Waals surface area contributed by atoms with Crippen LogP contribution in [0.4, 0.5) is 15.9 Å². The molecule has 2 aliphatic rings. The summed E-state index contributed by atoms with van der Waals surface area (Å²) in [5.41, 5.74) is 4.07. The Labute approximate surface area is 179 Å². The van der Waals surface area contributed by atoms with E-state index in [0.29, 0.717) is 31.0 Å². The van der Waals surface area contributed by atoms with E-state index in [-0.39, 0.29) is 17.7 Å². The highest BCUT2D eigenvalue weighted by molar-refractivity contribution is 5.94. The summed E-state index contributed by atoms with van der Waals surface area (Å²) in [6.07, 6.45) is 4.59. The summed E-state index contributed by atoms with van der Waals surface area (Å²) in [5.74, 6) is 1.30. The highest BCUT2D eigenvalue weighted by Gasteiger charge is 2.29. The average molecular weight is 421 g/mol. The van der Waals surface area contributed by atoms with E-state index in [0.717, 1.165) is 47.6 Å². The number of halogens is 1. The molecule has 0 atom stereocenters. The van der Waals surface area contributed by atoms with Gasteiger partial charge in [0.15, 0.2) is 0 Å². The predicted octanol–water partition coefficient (Wildman–Crippen LogP) is 4.77. The SMILES string of the molecule is CCCC(=O)ON1CCC(c2nc3c([nH]2)-c2ccc(F)cc2Nc2ncccc2-3)CC1. The van der Waals surface area contributed by atoms with Crippen molar-refractivity contribution in [3.63, 3.8) is 0 Å². The molecule has 1 saturated heterocycles. The molecule has 1 fully saturated rings. The summed E-state index contributed by atoms with van der Waals surface area (Å²) in [7, 11) is 0. The maximum Gasteiger partial charge on any atom is 0.325 e. The van der Waals surface area contributed by atoms with Crippen molar-refractivity contribution < 1.29 is 14.0 Å². The van der Waals surface area contributed by atoms with Crippen molar-refractivity contribution >= 4 is 17.5 Å². The van der Waals surface area contributed by atoms with E-state index in [1.165, 1.54) is 12.1 Å². The molecule has 0 amide bonds. The van der Waals surface area contributed by atoms with Gasteiger partial charge in [-0.25, -0.2) is 14.4 Å². The van der Waals surface area contributed by atoms with Gasteiger partial charge in [-0.15, -0.1) is 5.06 Å². The number of hydrogen-bond donors (Lipinski definition) is 2. The van der Waals surface area contributed by atoms with Crippen LogP contribution in [0.3, 0.4) is 0 Å². The van der Waals surface area contributed by atoms with Crippen molar-refractivity contribution in [3.05, 3.63) is 48.2 Å². The molecular weight excluding hydrogens is 397 g/mol. The number of nitrogens with zero attached hydrogens (tertiary/aromatic N) is 3. The minimum atomic E-state index is -0.308. The van der Waals surface area contributed by atoms with Crippen LogP contribution < -0.4 is 5.32 Å². The second-order valence-corrected chi connectivity index (χ2v) is 7.98. The highest BCUT2D eigenvalue weighted by Crippen LogP contribution is 2.43. The topological polar surface area (TPSA) is 83.1 Å². The number of H-pyrrole nitrogens is 1. The fourth-order valence-corrected chi connectivity index (χ4v) is 4.25. The predicted molar refractivity (Wildman–Crippen MR) is 115 cm³/mol. The zero-order valence-corrected chi connectivity index (χ0v) is 17.3. The average Bonchev–Trinajstić information content (AvgIpc) is 3.15. The van der Waals surface area contributed by atoms with Gasteiger partial charge in [0.2, 0.25) is 0 Å². The first kappa shape index (κ1) is 19.7. The van der Waals surface area contributed by atoms with Crippen LogP contribution in [-0.2, 0) is 9.63 Å². The highest BCUT2D eigenvalue weighted by atomic mass is 19.1. The van der Waals surface area contributed by atoms with E-state index >= 15 is 0 Å². The largest absolute Gasteiger partial charge is 0.368 e. The van der Waals surface area contributed by atoms with Crippen LogP contribution >= 0.6 is 0 Å². The third kappa shape index (κ3) is 3.79. The first-order valence-electron chi connectivity index (χ1n) is 10.7. The normalized spacial score (nSPS) is 15.9. The van der Waals surface area contributed by atoms with E-state index < -0.39 is 0 Å². The molecule has 8 heteroatoms. The zero-order valence-electron chi connectivity index (χ0n) is 17.3. The van der Waals surface area contributed by atoms with Gasteiger partial charge in [-0.1, -0.05) is 6.92 Å². The lowest BCUT2D eigenvalue weighted by Crippen LogP contribution is -2.35. The van der Waals surface area contributed by atoms with Gasteiger partial charge in [0.1, 0.15) is 23.2 Å². The van der Waals surface area contributed by atoms with Gasteiger partial charge in [-0.2, -0.15) is 0 Å². The monoisotopic (exact) mass is 421 g/mol. The van der Waals surface area contributed by atoms with Crippen molar-refractivity contribution in [2.24, 2.45) is 0 Å². The maximum absolute atomic E-state index is 13.9. The van der Waals surface area contributed by atoms with Gasteiger partial charge in [0.05, 0.1) is 11.4 Å². The lowest BCUT2D eigenvalue weighted by atomic mass is 9.97. The molecule has 4 heterocycles. The van der Waals surface area contributed by atoms with Crippen LogP contribution in [0.5, 0.6) is 0 Å². The summed E-state index contributed by atoms with van der Waals surface area (Å²) in [6.45, 7) is 3.31. The zero-order chi connectivity index (χ0) is 21.4. The Hall–Kier alpha value is -3.26. The smallest absolute Gasteiger partial charge is 0.325 e. The van der Waals surface area contributed by atoms with Crippen molar-refractivity contribution in [2.45, 2.75) is 38.5 Å². The van der Waals surface area contributed by atoms with Gasteiger partial charge >= 0.3 is 5.97 Å². The van der Waals surface area contributed by atoms with Gasteiger partial charge in [0.25, 0.3) is 0 Å². The second kappa shape index (κ2) is 8.11. The molecule has 0 bridgehead atoms. The van der Waals surface area contributed by atoms with E-state index in [2.05, 4.69) is 15.3 Å². The third-order valence-electron chi connectivity index (χ3n) is 5.81. The molecule has 3 aromatic rings. The second-order valence-electron chi connectivity index (χ2n) is 7.98. The minimum absolute atomic E-state index is 0.175. The Morgan fingerprint density at radius 3 is 2.90 bits per heavy atom.